The van der Waals surface area contributed by atoms with E-state index in [1.807, 2.05) is 39.0 Å². The molecule has 0 saturated heterocycles. The van der Waals surface area contributed by atoms with E-state index < -0.39 is 34.0 Å². The minimum atomic E-state index is -0.870. The highest BCUT2D eigenvalue weighted by molar-refractivity contribution is 5.77. The van der Waals surface area contributed by atoms with Crippen LogP contribution in [0, 0.1) is 20.2 Å². The van der Waals surface area contributed by atoms with Crippen LogP contribution in [0.1, 0.15) is 57.6 Å². The molecule has 1 aromatic carbocycles. The van der Waals surface area contributed by atoms with Gasteiger partial charge >= 0.3 is 0 Å². The molecule has 1 aliphatic rings. The predicted octanol–water partition coefficient (Wildman–Crippen LogP) is 1.69. The monoisotopic (exact) mass is 587 g/mol. The van der Waals surface area contributed by atoms with E-state index in [1.54, 1.807) is 12.0 Å². The van der Waals surface area contributed by atoms with E-state index in [0.717, 1.165) is 11.1 Å². The maximum Gasteiger partial charge on any atom is 0.294 e. The lowest BCUT2D eigenvalue weighted by molar-refractivity contribution is -0.757. The molecule has 2 rings (SSSR count). The number of ether oxygens (including phenoxy) is 2. The molecule has 0 bridgehead atoms. The van der Waals surface area contributed by atoms with Gasteiger partial charge in [0.05, 0.1) is 32.0 Å². The number of rotatable bonds is 16. The molecule has 41 heavy (non-hydrogen) atoms. The van der Waals surface area contributed by atoms with Gasteiger partial charge < -0.3 is 39.1 Å². The lowest BCUT2D eigenvalue weighted by Crippen LogP contribution is -2.50. The van der Waals surface area contributed by atoms with Gasteiger partial charge in [-0.05, 0) is 45.2 Å². The predicted molar refractivity (Wildman–Crippen MR) is 144 cm³/mol. The van der Waals surface area contributed by atoms with E-state index in [0.29, 0.717) is 37.7 Å². The number of hydrogen-bond donors (Lipinski definition) is 2. The highest BCUT2D eigenvalue weighted by Crippen LogP contribution is 2.30. The summed E-state index contributed by atoms with van der Waals surface area (Å²) in [6.45, 7) is 6.07. The third kappa shape index (κ3) is 13.6. The molecule has 0 aromatic heterocycles. The third-order valence-corrected chi connectivity index (χ3v) is 6.17. The number of aliphatic hydroxyl groups is 2. The standard InChI is InChI=1S/C22H34N2O8.C4H7NO4/c1-22(2,3)23(21(27)9-6-10-32-24(28)29)13-16(30-4)14-31-20-8-5-7-15-11-18(25)19(26)12-17(15)20;6-3-1-2-4-9-5(7)8/h5,7-8,16,18-19,25-26H,6,9-14H2,1-4H3;3H,1-2,4H2. The van der Waals surface area contributed by atoms with Crippen LogP contribution >= 0.6 is 0 Å². The van der Waals surface area contributed by atoms with Crippen molar-refractivity contribution in [1.82, 2.24) is 4.90 Å². The molecule has 0 fully saturated rings. The molecule has 0 radical (unpaired) electrons. The van der Waals surface area contributed by atoms with Gasteiger partial charge in [-0.25, -0.2) is 0 Å². The van der Waals surface area contributed by atoms with E-state index >= 15 is 0 Å². The first kappa shape index (κ1) is 35.5. The van der Waals surface area contributed by atoms with E-state index in [-0.39, 0.29) is 45.1 Å². The van der Waals surface area contributed by atoms with E-state index in [9.17, 15) is 40.0 Å². The first-order valence-corrected chi connectivity index (χ1v) is 13.2. The Labute approximate surface area is 238 Å². The van der Waals surface area contributed by atoms with Crippen molar-refractivity contribution in [3.8, 4) is 5.75 Å². The summed E-state index contributed by atoms with van der Waals surface area (Å²) < 4.78 is 11.6. The Morgan fingerprint density at radius 3 is 2.27 bits per heavy atom. The second-order valence-electron chi connectivity index (χ2n) is 10.3. The van der Waals surface area contributed by atoms with Gasteiger partial charge in [-0.15, -0.1) is 20.2 Å². The molecule has 232 valence electrons. The molecular formula is C26H41N3O12. The Morgan fingerprint density at radius 1 is 1.10 bits per heavy atom. The van der Waals surface area contributed by atoms with Crippen LogP contribution < -0.4 is 4.74 Å². The molecule has 0 heterocycles. The summed E-state index contributed by atoms with van der Waals surface area (Å²) in [4.78, 5) is 52.0. The number of hydrogen-bond acceptors (Lipinski definition) is 12. The van der Waals surface area contributed by atoms with Crippen molar-refractivity contribution in [2.75, 3.05) is 33.5 Å². The molecule has 1 aliphatic carbocycles. The van der Waals surface area contributed by atoms with E-state index in [1.165, 1.54) is 0 Å². The van der Waals surface area contributed by atoms with Crippen molar-refractivity contribution in [1.29, 1.82) is 0 Å². The first-order valence-electron chi connectivity index (χ1n) is 13.2. The van der Waals surface area contributed by atoms with Crippen molar-refractivity contribution in [3.63, 3.8) is 0 Å². The lowest BCUT2D eigenvalue weighted by Gasteiger charge is -2.38. The molecule has 2 N–H and O–H groups in total. The summed E-state index contributed by atoms with van der Waals surface area (Å²) in [6, 6.07) is 5.57. The van der Waals surface area contributed by atoms with Crippen molar-refractivity contribution in [2.45, 2.75) is 83.1 Å². The molecule has 0 spiro atoms. The molecule has 15 heteroatoms. The quantitative estimate of drug-likeness (QED) is 0.123. The van der Waals surface area contributed by atoms with Crippen LogP contribution in [-0.4, -0.2) is 94.8 Å². The Balaban J connectivity index is 0.000000803. The van der Waals surface area contributed by atoms with Crippen LogP contribution in [0.5, 0.6) is 5.75 Å². The van der Waals surface area contributed by atoms with Crippen LogP contribution in [0.2, 0.25) is 0 Å². The number of nitrogens with zero attached hydrogens (tertiary/aromatic N) is 3. The molecule has 1 aromatic rings. The van der Waals surface area contributed by atoms with Crippen LogP contribution in [-0.2, 0) is 36.8 Å². The fourth-order valence-electron chi connectivity index (χ4n) is 4.01. The molecular weight excluding hydrogens is 546 g/mol. The number of amides is 1. The summed E-state index contributed by atoms with van der Waals surface area (Å²) in [5.41, 5.74) is 1.33. The largest absolute Gasteiger partial charge is 0.491 e. The Hall–Kier alpha value is -3.56. The van der Waals surface area contributed by atoms with Crippen molar-refractivity contribution in [2.24, 2.45) is 0 Å². The Morgan fingerprint density at radius 2 is 1.71 bits per heavy atom. The zero-order chi connectivity index (χ0) is 31.0. The van der Waals surface area contributed by atoms with Gasteiger partial charge in [0.25, 0.3) is 10.2 Å². The van der Waals surface area contributed by atoms with Crippen LogP contribution in [0.15, 0.2) is 18.2 Å². The number of carbonyl (C=O) groups is 2. The maximum absolute atomic E-state index is 12.8. The summed E-state index contributed by atoms with van der Waals surface area (Å²) in [5, 5.41) is 37.9. The van der Waals surface area contributed by atoms with Gasteiger partial charge in [-0.1, -0.05) is 12.1 Å². The molecule has 0 saturated carbocycles. The van der Waals surface area contributed by atoms with Gasteiger partial charge in [-0.3, -0.25) is 4.79 Å². The Kier molecular flexibility index (Phi) is 15.6. The van der Waals surface area contributed by atoms with Crippen molar-refractivity contribution < 1.29 is 49.1 Å². The van der Waals surface area contributed by atoms with Crippen LogP contribution in [0.4, 0.5) is 0 Å². The molecule has 1 amide bonds. The zero-order valence-electron chi connectivity index (χ0n) is 23.9. The minimum absolute atomic E-state index is 0.00569. The third-order valence-electron chi connectivity index (χ3n) is 6.17. The maximum atomic E-state index is 12.8. The highest BCUT2D eigenvalue weighted by atomic mass is 17.0. The van der Waals surface area contributed by atoms with E-state index in [4.69, 9.17) is 9.47 Å². The van der Waals surface area contributed by atoms with Gasteiger partial charge in [0.1, 0.15) is 24.7 Å². The molecule has 15 nitrogen and oxygen atoms in total. The zero-order valence-corrected chi connectivity index (χ0v) is 23.9. The average molecular weight is 588 g/mol. The van der Waals surface area contributed by atoms with Crippen molar-refractivity contribution >= 4 is 12.2 Å². The minimum Gasteiger partial charge on any atom is -0.491 e. The fourth-order valence-corrected chi connectivity index (χ4v) is 4.01. The Bertz CT molecular complexity index is 985. The van der Waals surface area contributed by atoms with Gasteiger partial charge in [-0.2, -0.15) is 0 Å². The van der Waals surface area contributed by atoms with Crippen LogP contribution in [0.3, 0.4) is 0 Å². The highest BCUT2D eigenvalue weighted by Gasteiger charge is 2.30. The van der Waals surface area contributed by atoms with Gasteiger partial charge in [0.2, 0.25) is 5.91 Å². The summed E-state index contributed by atoms with van der Waals surface area (Å²) in [5.74, 6) is 0.474. The molecule has 3 unspecified atom stereocenters. The van der Waals surface area contributed by atoms with E-state index in [2.05, 4.69) is 9.68 Å². The second kappa shape index (κ2) is 18.0. The van der Waals surface area contributed by atoms with Crippen molar-refractivity contribution in [3.05, 3.63) is 49.6 Å². The lowest BCUT2D eigenvalue weighted by atomic mass is 9.87. The fraction of sp³-hybridized carbons (Fsp3) is 0.692. The van der Waals surface area contributed by atoms with Gasteiger partial charge in [0.15, 0.2) is 0 Å². The number of methoxy groups -OCH3 is 1. The molecule has 0 aliphatic heterocycles. The number of aliphatic hydroxyl groups excluding tert-OH is 2. The normalized spacial score (nSPS) is 16.7. The topological polar surface area (TPSA) is 201 Å². The number of aldehydes is 1. The second-order valence-corrected chi connectivity index (χ2v) is 10.3. The number of unbranched alkanes of at least 4 members (excludes halogenated alkanes) is 1. The number of carbonyl (C=O) groups excluding carboxylic acids is 2. The number of fused-ring (bicyclic) bond motifs is 1. The smallest absolute Gasteiger partial charge is 0.294 e. The summed E-state index contributed by atoms with van der Waals surface area (Å²) >= 11 is 0. The SMILES string of the molecule is COC(COc1cccc2c1CC(O)C(O)C2)CN(C(=O)CCCO[N+](=O)[O-])C(C)(C)C.O=CCCCO[N+](=O)[O-]. The first-order chi connectivity index (χ1) is 19.3. The van der Waals surface area contributed by atoms with Gasteiger partial charge in [0, 0.05) is 43.9 Å². The van der Waals surface area contributed by atoms with Crippen LogP contribution in [0.25, 0.3) is 0 Å². The number of benzene rings is 1. The summed E-state index contributed by atoms with van der Waals surface area (Å²) in [7, 11) is 1.55. The molecule has 3 atom stereocenters. The summed E-state index contributed by atoms with van der Waals surface area (Å²) in [6.07, 6.45) is 0.423. The average Bonchev–Trinajstić information content (AvgIpc) is 2.89.